The van der Waals surface area contributed by atoms with Crippen LogP contribution in [0.2, 0.25) is 0 Å². The Kier molecular flexibility index (Phi) is 3.13. The lowest BCUT2D eigenvalue weighted by atomic mass is 10.1. The molecule has 0 atom stereocenters. The van der Waals surface area contributed by atoms with Crippen molar-refractivity contribution >= 4 is 11.0 Å². The van der Waals surface area contributed by atoms with Gasteiger partial charge in [0.05, 0.1) is 31.8 Å². The first-order chi connectivity index (χ1) is 10.1. The lowest BCUT2D eigenvalue weighted by Crippen LogP contribution is -1.93. The smallest absolute Gasteiger partial charge is 0.238 e. The summed E-state index contributed by atoms with van der Waals surface area (Å²) in [6.07, 6.45) is 1.64. The summed E-state index contributed by atoms with van der Waals surface area (Å²) in [7, 11) is 4.98. The van der Waals surface area contributed by atoms with Gasteiger partial charge in [-0.2, -0.15) is 0 Å². The Balaban J connectivity index is 2.16. The Morgan fingerprint density at radius 1 is 1.10 bits per heavy atom. The predicted molar refractivity (Wildman–Crippen MR) is 78.7 cm³/mol. The number of methoxy groups -OCH3 is 2. The monoisotopic (exact) mass is 285 g/mol. The third-order valence-electron chi connectivity index (χ3n) is 3.36. The number of benzene rings is 1. The molecule has 6 nitrogen and oxygen atoms in total. The van der Waals surface area contributed by atoms with Crippen molar-refractivity contribution in [2.45, 2.75) is 0 Å². The van der Waals surface area contributed by atoms with E-state index in [1.54, 1.807) is 31.2 Å². The molecule has 0 fully saturated rings. The van der Waals surface area contributed by atoms with Crippen molar-refractivity contribution in [1.82, 2.24) is 14.5 Å². The fourth-order valence-corrected chi connectivity index (χ4v) is 2.30. The second kappa shape index (κ2) is 4.97. The van der Waals surface area contributed by atoms with E-state index >= 15 is 0 Å². The van der Waals surface area contributed by atoms with E-state index in [-0.39, 0.29) is 5.88 Å². The summed E-state index contributed by atoms with van der Waals surface area (Å²) >= 11 is 0. The van der Waals surface area contributed by atoms with Crippen LogP contribution in [-0.4, -0.2) is 33.9 Å². The molecule has 0 radical (unpaired) electrons. The maximum absolute atomic E-state index is 10.1. The van der Waals surface area contributed by atoms with E-state index in [1.165, 1.54) is 0 Å². The van der Waals surface area contributed by atoms with Crippen LogP contribution in [0.1, 0.15) is 0 Å². The highest BCUT2D eigenvalue weighted by Gasteiger charge is 2.12. The van der Waals surface area contributed by atoms with Gasteiger partial charge in [0.15, 0.2) is 11.5 Å². The van der Waals surface area contributed by atoms with Crippen LogP contribution in [0.15, 0.2) is 30.6 Å². The summed E-state index contributed by atoms with van der Waals surface area (Å²) in [5, 5.41) is 10.1. The number of aromatic hydroxyl groups is 1. The standard InChI is InChI=1S/C15H15N3O3/c1-18-8-16-11-7-10(17-15(19)14(11)18)9-4-5-12(20-2)13(6-9)21-3/h4-8H,1-3H3,(H,17,19). The molecule has 1 N–H and O–H groups in total. The van der Waals surface area contributed by atoms with Gasteiger partial charge in [0.2, 0.25) is 5.88 Å². The van der Waals surface area contributed by atoms with Crippen molar-refractivity contribution in [3.8, 4) is 28.6 Å². The molecule has 0 aliphatic heterocycles. The third-order valence-corrected chi connectivity index (χ3v) is 3.36. The minimum Gasteiger partial charge on any atom is -0.493 e. The van der Waals surface area contributed by atoms with Gasteiger partial charge in [0.25, 0.3) is 0 Å². The minimum atomic E-state index is -0.0442. The molecule has 2 heterocycles. The molecular formula is C15H15N3O3. The normalized spacial score (nSPS) is 10.8. The molecule has 0 bridgehead atoms. The SMILES string of the molecule is COc1ccc(-c2cc3ncn(C)c3c(O)n2)cc1OC. The van der Waals surface area contributed by atoms with Crippen LogP contribution >= 0.6 is 0 Å². The van der Waals surface area contributed by atoms with Crippen molar-refractivity contribution in [1.29, 1.82) is 0 Å². The number of hydrogen-bond donors (Lipinski definition) is 1. The molecule has 0 amide bonds. The highest BCUT2D eigenvalue weighted by molar-refractivity contribution is 5.84. The number of rotatable bonds is 3. The van der Waals surface area contributed by atoms with Gasteiger partial charge in [-0.15, -0.1) is 0 Å². The van der Waals surface area contributed by atoms with Gasteiger partial charge in [-0.1, -0.05) is 0 Å². The Morgan fingerprint density at radius 3 is 2.57 bits per heavy atom. The quantitative estimate of drug-likeness (QED) is 0.800. The highest BCUT2D eigenvalue weighted by atomic mass is 16.5. The van der Waals surface area contributed by atoms with Crippen molar-refractivity contribution in [2.24, 2.45) is 7.05 Å². The van der Waals surface area contributed by atoms with E-state index in [2.05, 4.69) is 9.97 Å². The average Bonchev–Trinajstić information content (AvgIpc) is 2.88. The molecule has 3 rings (SSSR count). The molecule has 0 spiro atoms. The first kappa shape index (κ1) is 13.2. The molecule has 0 saturated heterocycles. The van der Waals surface area contributed by atoms with Crippen LogP contribution in [0, 0.1) is 0 Å². The Hall–Kier alpha value is -2.76. The number of hydrogen-bond acceptors (Lipinski definition) is 5. The molecule has 21 heavy (non-hydrogen) atoms. The Labute approximate surface area is 121 Å². The largest absolute Gasteiger partial charge is 0.493 e. The van der Waals surface area contributed by atoms with Gasteiger partial charge >= 0.3 is 0 Å². The van der Waals surface area contributed by atoms with Gasteiger partial charge in [-0.05, 0) is 24.3 Å². The molecule has 0 saturated carbocycles. The predicted octanol–water partition coefficient (Wildman–Crippen LogP) is 2.36. The maximum Gasteiger partial charge on any atom is 0.238 e. The number of nitrogens with zero attached hydrogens (tertiary/aromatic N) is 3. The molecule has 6 heteroatoms. The van der Waals surface area contributed by atoms with Crippen molar-refractivity contribution < 1.29 is 14.6 Å². The van der Waals surface area contributed by atoms with Crippen LogP contribution in [0.25, 0.3) is 22.3 Å². The second-order valence-electron chi connectivity index (χ2n) is 4.62. The second-order valence-corrected chi connectivity index (χ2v) is 4.62. The number of aryl methyl sites for hydroxylation is 1. The summed E-state index contributed by atoms with van der Waals surface area (Å²) in [6.45, 7) is 0. The van der Waals surface area contributed by atoms with Crippen molar-refractivity contribution in [3.63, 3.8) is 0 Å². The van der Waals surface area contributed by atoms with Crippen LogP contribution in [0.4, 0.5) is 0 Å². The summed E-state index contributed by atoms with van der Waals surface area (Å²) < 4.78 is 12.2. The van der Waals surface area contributed by atoms with Crippen LogP contribution in [0.5, 0.6) is 17.4 Å². The molecule has 0 aliphatic rings. The number of fused-ring (bicyclic) bond motifs is 1. The third kappa shape index (κ3) is 2.14. The summed E-state index contributed by atoms with van der Waals surface area (Å²) in [4.78, 5) is 8.48. The van der Waals surface area contributed by atoms with Crippen LogP contribution in [-0.2, 0) is 7.05 Å². The van der Waals surface area contributed by atoms with Crippen LogP contribution < -0.4 is 9.47 Å². The van der Waals surface area contributed by atoms with E-state index in [9.17, 15) is 5.11 Å². The van der Waals surface area contributed by atoms with E-state index in [0.29, 0.717) is 28.2 Å². The van der Waals surface area contributed by atoms with E-state index in [0.717, 1.165) is 5.56 Å². The van der Waals surface area contributed by atoms with Gasteiger partial charge in [-0.3, -0.25) is 0 Å². The highest BCUT2D eigenvalue weighted by Crippen LogP contribution is 2.33. The molecule has 2 aromatic heterocycles. The number of aromatic nitrogens is 3. The average molecular weight is 285 g/mol. The molecular weight excluding hydrogens is 270 g/mol. The van der Waals surface area contributed by atoms with Gasteiger partial charge in [0, 0.05) is 12.6 Å². The fourth-order valence-electron chi connectivity index (χ4n) is 2.30. The van der Waals surface area contributed by atoms with Crippen molar-refractivity contribution in [3.05, 3.63) is 30.6 Å². The molecule has 3 aromatic rings. The van der Waals surface area contributed by atoms with Gasteiger partial charge < -0.3 is 19.1 Å². The number of imidazole rings is 1. The number of pyridine rings is 1. The molecule has 1 aromatic carbocycles. The zero-order chi connectivity index (χ0) is 15.0. The first-order valence-corrected chi connectivity index (χ1v) is 6.37. The van der Waals surface area contributed by atoms with Gasteiger partial charge in [0.1, 0.15) is 5.52 Å². The first-order valence-electron chi connectivity index (χ1n) is 6.37. The summed E-state index contributed by atoms with van der Waals surface area (Å²) in [5.74, 6) is 1.21. The Bertz CT molecular complexity index is 811. The Morgan fingerprint density at radius 2 is 1.86 bits per heavy atom. The maximum atomic E-state index is 10.1. The fraction of sp³-hybridized carbons (Fsp3) is 0.200. The van der Waals surface area contributed by atoms with Crippen molar-refractivity contribution in [2.75, 3.05) is 14.2 Å². The zero-order valence-corrected chi connectivity index (χ0v) is 12.0. The van der Waals surface area contributed by atoms with E-state index in [1.807, 2.05) is 25.2 Å². The molecule has 108 valence electrons. The molecule has 0 unspecified atom stereocenters. The lowest BCUT2D eigenvalue weighted by Gasteiger charge is -2.09. The van der Waals surface area contributed by atoms with Gasteiger partial charge in [-0.25, -0.2) is 9.97 Å². The summed E-state index contributed by atoms with van der Waals surface area (Å²) in [5.41, 5.74) is 2.74. The lowest BCUT2D eigenvalue weighted by molar-refractivity contribution is 0.355. The molecule has 0 aliphatic carbocycles. The van der Waals surface area contributed by atoms with E-state index < -0.39 is 0 Å². The van der Waals surface area contributed by atoms with E-state index in [4.69, 9.17) is 9.47 Å². The summed E-state index contributed by atoms with van der Waals surface area (Å²) in [6, 6.07) is 7.30. The van der Waals surface area contributed by atoms with Crippen LogP contribution in [0.3, 0.4) is 0 Å². The number of ether oxygens (including phenoxy) is 2. The minimum absolute atomic E-state index is 0.0442. The zero-order valence-electron chi connectivity index (χ0n) is 12.0. The topological polar surface area (TPSA) is 69.4 Å².